The number of nitroso groups, excluding NO2 is 1. The SMILES string of the molecule is CS/C(C)=N/OC(=O)N(C)N=O. The molecule has 0 N–H and O–H groups in total. The van der Waals surface area contributed by atoms with Crippen LogP contribution in [0.3, 0.4) is 0 Å². The molecule has 0 atom stereocenters. The zero-order valence-corrected chi connectivity index (χ0v) is 7.79. The summed E-state index contributed by atoms with van der Waals surface area (Å²) in [5.41, 5.74) is 0. The second-order valence-corrected chi connectivity index (χ2v) is 2.78. The largest absolute Gasteiger partial charge is 0.458 e. The van der Waals surface area contributed by atoms with E-state index in [2.05, 4.69) is 15.3 Å². The Hall–Kier alpha value is -1.11. The zero-order chi connectivity index (χ0) is 9.56. The maximum atomic E-state index is 10.7. The Bertz CT molecular complexity index is 206. The fourth-order valence-corrected chi connectivity index (χ4v) is 0.345. The van der Waals surface area contributed by atoms with Crippen molar-refractivity contribution < 1.29 is 9.63 Å². The summed E-state index contributed by atoms with van der Waals surface area (Å²) in [5, 5.41) is 6.82. The fraction of sp³-hybridized carbons (Fsp3) is 0.600. The Kier molecular flexibility index (Phi) is 5.02. The van der Waals surface area contributed by atoms with E-state index in [4.69, 9.17) is 0 Å². The summed E-state index contributed by atoms with van der Waals surface area (Å²) in [6, 6.07) is 0. The van der Waals surface area contributed by atoms with Gasteiger partial charge in [0.1, 0.15) is 5.04 Å². The van der Waals surface area contributed by atoms with Crippen LogP contribution in [-0.2, 0) is 4.84 Å². The van der Waals surface area contributed by atoms with Gasteiger partial charge in [-0.15, -0.1) is 16.7 Å². The highest BCUT2D eigenvalue weighted by Crippen LogP contribution is 1.98. The molecule has 0 rings (SSSR count). The van der Waals surface area contributed by atoms with Gasteiger partial charge in [-0.25, -0.2) is 4.79 Å². The molecule has 0 saturated heterocycles. The summed E-state index contributed by atoms with van der Waals surface area (Å²) in [6.07, 6.45) is 0.882. The summed E-state index contributed by atoms with van der Waals surface area (Å²) in [4.78, 5) is 24.8. The lowest BCUT2D eigenvalue weighted by Gasteiger charge is -2.02. The van der Waals surface area contributed by atoms with Gasteiger partial charge in [-0.2, -0.15) is 5.01 Å². The number of hydrogen-bond acceptors (Lipinski definition) is 6. The van der Waals surface area contributed by atoms with E-state index >= 15 is 0 Å². The smallest absolute Gasteiger partial charge is 0.296 e. The number of carbonyl (C=O) groups is 1. The topological polar surface area (TPSA) is 71.3 Å². The molecule has 0 aromatic heterocycles. The summed E-state index contributed by atoms with van der Waals surface area (Å²) in [5.74, 6) is 0. The first-order valence-corrected chi connectivity index (χ1v) is 4.20. The van der Waals surface area contributed by atoms with Crippen LogP contribution in [0, 0.1) is 4.91 Å². The number of oxime groups is 1. The molecule has 0 radical (unpaired) electrons. The lowest BCUT2D eigenvalue weighted by Crippen LogP contribution is -2.19. The van der Waals surface area contributed by atoms with E-state index in [1.165, 1.54) is 18.8 Å². The zero-order valence-electron chi connectivity index (χ0n) is 6.97. The quantitative estimate of drug-likeness (QED) is 0.217. The van der Waals surface area contributed by atoms with Crippen LogP contribution in [0.1, 0.15) is 6.92 Å². The van der Waals surface area contributed by atoms with Gasteiger partial charge in [0.15, 0.2) is 0 Å². The molecule has 0 saturated carbocycles. The molecule has 7 heteroatoms. The number of rotatable bonds is 2. The van der Waals surface area contributed by atoms with Gasteiger partial charge < -0.3 is 0 Å². The lowest BCUT2D eigenvalue weighted by molar-refractivity contribution is 0.115. The first-order valence-electron chi connectivity index (χ1n) is 2.98. The molecular weight excluding hydrogens is 182 g/mol. The molecule has 0 aliphatic heterocycles. The Labute approximate surface area is 73.9 Å². The minimum atomic E-state index is -0.904. The highest BCUT2D eigenvalue weighted by atomic mass is 32.2. The number of carbonyl (C=O) groups excluding carboxylic acids is 1. The van der Waals surface area contributed by atoms with Crippen molar-refractivity contribution in [3.05, 3.63) is 4.91 Å². The highest BCUT2D eigenvalue weighted by Gasteiger charge is 2.09. The second kappa shape index (κ2) is 5.53. The van der Waals surface area contributed by atoms with E-state index < -0.39 is 6.09 Å². The van der Waals surface area contributed by atoms with Crippen LogP contribution in [0.25, 0.3) is 0 Å². The van der Waals surface area contributed by atoms with Crippen molar-refractivity contribution in [2.75, 3.05) is 13.3 Å². The van der Waals surface area contributed by atoms with Crippen molar-refractivity contribution in [1.82, 2.24) is 5.01 Å². The lowest BCUT2D eigenvalue weighted by atomic mass is 10.9. The van der Waals surface area contributed by atoms with Crippen molar-refractivity contribution in [3.63, 3.8) is 0 Å². The van der Waals surface area contributed by atoms with Crippen LogP contribution < -0.4 is 0 Å². The van der Waals surface area contributed by atoms with Gasteiger partial charge >= 0.3 is 6.09 Å². The molecule has 0 aliphatic carbocycles. The van der Waals surface area contributed by atoms with Crippen molar-refractivity contribution >= 4 is 22.9 Å². The van der Waals surface area contributed by atoms with Crippen molar-refractivity contribution in [3.8, 4) is 0 Å². The van der Waals surface area contributed by atoms with Gasteiger partial charge in [-0.1, -0.05) is 5.16 Å². The predicted molar refractivity (Wildman–Crippen MR) is 46.7 cm³/mol. The first kappa shape index (κ1) is 10.9. The first-order chi connectivity index (χ1) is 5.61. The summed E-state index contributed by atoms with van der Waals surface area (Å²) in [6.45, 7) is 1.67. The number of nitrogens with zero attached hydrogens (tertiary/aromatic N) is 3. The minimum Gasteiger partial charge on any atom is -0.296 e. The second-order valence-electron chi connectivity index (χ2n) is 1.78. The van der Waals surface area contributed by atoms with Gasteiger partial charge in [0.05, 0.1) is 5.29 Å². The summed E-state index contributed by atoms with van der Waals surface area (Å²) >= 11 is 1.33. The number of thioether (sulfide) groups is 1. The molecule has 0 fully saturated rings. The molecule has 0 aromatic rings. The van der Waals surface area contributed by atoms with Crippen molar-refractivity contribution in [1.29, 1.82) is 0 Å². The third-order valence-electron chi connectivity index (χ3n) is 0.934. The van der Waals surface area contributed by atoms with Crippen LogP contribution in [0.5, 0.6) is 0 Å². The van der Waals surface area contributed by atoms with E-state index in [9.17, 15) is 9.70 Å². The molecule has 0 bridgehead atoms. The van der Waals surface area contributed by atoms with Crippen molar-refractivity contribution in [2.45, 2.75) is 6.92 Å². The maximum Gasteiger partial charge on any atom is 0.458 e. The predicted octanol–water partition coefficient (Wildman–Crippen LogP) is 1.43. The molecule has 0 spiro atoms. The Balaban J connectivity index is 3.94. The fourth-order valence-electron chi connectivity index (χ4n) is 0.233. The number of hydrogen-bond donors (Lipinski definition) is 0. The van der Waals surface area contributed by atoms with Crippen LogP contribution in [0.15, 0.2) is 10.4 Å². The standard InChI is InChI=1S/C5H9N3O3S/c1-4(12-3)6-11-5(9)8(2)7-10/h1-3H3/b6-4+. The van der Waals surface area contributed by atoms with E-state index in [0.29, 0.717) is 10.1 Å². The Morgan fingerprint density at radius 2 is 2.17 bits per heavy atom. The van der Waals surface area contributed by atoms with Gasteiger partial charge in [0.25, 0.3) is 0 Å². The summed E-state index contributed by atoms with van der Waals surface area (Å²) in [7, 11) is 1.18. The normalized spacial score (nSPS) is 10.8. The van der Waals surface area contributed by atoms with Gasteiger partial charge in [0, 0.05) is 7.05 Å². The third kappa shape index (κ3) is 3.91. The summed E-state index contributed by atoms with van der Waals surface area (Å²) < 4.78 is 0. The van der Waals surface area contributed by atoms with Crippen LogP contribution in [-0.4, -0.2) is 29.4 Å². The Morgan fingerprint density at radius 1 is 1.58 bits per heavy atom. The molecule has 0 aliphatic rings. The van der Waals surface area contributed by atoms with E-state index in [0.717, 1.165) is 0 Å². The average molecular weight is 191 g/mol. The van der Waals surface area contributed by atoms with Crippen LogP contribution >= 0.6 is 11.8 Å². The van der Waals surface area contributed by atoms with E-state index in [1.54, 1.807) is 13.2 Å². The van der Waals surface area contributed by atoms with E-state index in [-0.39, 0.29) is 0 Å². The van der Waals surface area contributed by atoms with Gasteiger partial charge in [-0.3, -0.25) is 4.84 Å². The van der Waals surface area contributed by atoms with Gasteiger partial charge in [0.2, 0.25) is 0 Å². The highest BCUT2D eigenvalue weighted by molar-refractivity contribution is 8.13. The molecule has 12 heavy (non-hydrogen) atoms. The molecule has 68 valence electrons. The molecule has 0 aromatic carbocycles. The molecule has 0 heterocycles. The molecule has 1 amide bonds. The molecule has 6 nitrogen and oxygen atoms in total. The van der Waals surface area contributed by atoms with E-state index in [1.807, 2.05) is 0 Å². The van der Waals surface area contributed by atoms with Crippen LogP contribution in [0.2, 0.25) is 0 Å². The maximum absolute atomic E-state index is 10.7. The van der Waals surface area contributed by atoms with Crippen LogP contribution in [0.4, 0.5) is 4.79 Å². The Morgan fingerprint density at radius 3 is 2.58 bits per heavy atom. The van der Waals surface area contributed by atoms with Crippen molar-refractivity contribution in [2.24, 2.45) is 10.4 Å². The minimum absolute atomic E-state index is 0.511. The average Bonchev–Trinajstić information content (AvgIpc) is 2.11. The monoisotopic (exact) mass is 191 g/mol. The number of amides is 1. The molecular formula is C5H9N3O3S. The van der Waals surface area contributed by atoms with Gasteiger partial charge in [-0.05, 0) is 13.2 Å². The molecule has 0 unspecified atom stereocenters. The third-order valence-corrected chi connectivity index (χ3v) is 1.60.